The number of para-hydroxylation sites is 1. The molecule has 0 bridgehead atoms. The molecule has 5 heteroatoms. The summed E-state index contributed by atoms with van der Waals surface area (Å²) in [6.45, 7) is 5.30. The van der Waals surface area contributed by atoms with E-state index in [2.05, 4.69) is 24.0 Å². The molecule has 0 aliphatic heterocycles. The van der Waals surface area contributed by atoms with Crippen molar-refractivity contribution in [3.05, 3.63) is 54.2 Å². The predicted molar refractivity (Wildman–Crippen MR) is 124 cm³/mol. The Morgan fingerprint density at radius 2 is 1.87 bits per heavy atom. The van der Waals surface area contributed by atoms with Gasteiger partial charge in [-0.15, -0.1) is 0 Å². The highest BCUT2D eigenvalue weighted by atomic mass is 16.5. The Morgan fingerprint density at radius 3 is 2.57 bits per heavy atom. The van der Waals surface area contributed by atoms with Crippen LogP contribution in [0.5, 0.6) is 0 Å². The number of carbonyl (C=O) groups excluding carboxylic acids is 1. The summed E-state index contributed by atoms with van der Waals surface area (Å²) in [6.07, 6.45) is 6.36. The fourth-order valence-electron chi connectivity index (χ4n) is 4.75. The molecule has 1 fully saturated rings. The van der Waals surface area contributed by atoms with Gasteiger partial charge in [-0.2, -0.15) is 0 Å². The van der Waals surface area contributed by atoms with Gasteiger partial charge in [-0.3, -0.25) is 0 Å². The third kappa shape index (κ3) is 3.76. The maximum absolute atomic E-state index is 12.6. The average Bonchev–Trinajstić information content (AvgIpc) is 3.16. The first kappa shape index (κ1) is 20.3. The molecule has 5 nitrogen and oxygen atoms in total. The van der Waals surface area contributed by atoms with Gasteiger partial charge in [0.05, 0.1) is 23.5 Å². The van der Waals surface area contributed by atoms with Gasteiger partial charge >= 0.3 is 5.97 Å². The molecule has 1 heterocycles. The van der Waals surface area contributed by atoms with Gasteiger partial charge in [0.1, 0.15) is 5.69 Å². The van der Waals surface area contributed by atoms with Crippen LogP contribution in [-0.2, 0) is 4.74 Å². The summed E-state index contributed by atoms with van der Waals surface area (Å²) in [5, 5.41) is 1.00. The number of nitrogens with zero attached hydrogens (tertiary/aromatic N) is 2. The van der Waals surface area contributed by atoms with Crippen LogP contribution in [0, 0.1) is 0 Å². The zero-order valence-corrected chi connectivity index (χ0v) is 17.9. The number of rotatable bonds is 6. The normalized spacial score (nSPS) is 14.7. The molecule has 158 valence electrons. The molecule has 0 atom stereocenters. The van der Waals surface area contributed by atoms with E-state index in [4.69, 9.17) is 10.5 Å². The van der Waals surface area contributed by atoms with Crippen molar-refractivity contribution in [2.75, 3.05) is 23.8 Å². The summed E-state index contributed by atoms with van der Waals surface area (Å²) < 4.78 is 7.26. The lowest BCUT2D eigenvalue weighted by atomic mass is 9.93. The van der Waals surface area contributed by atoms with E-state index in [0.29, 0.717) is 18.3 Å². The largest absolute Gasteiger partial charge is 0.461 e. The van der Waals surface area contributed by atoms with E-state index in [1.54, 1.807) is 0 Å². The molecule has 2 aromatic carbocycles. The summed E-state index contributed by atoms with van der Waals surface area (Å²) >= 11 is 0. The summed E-state index contributed by atoms with van der Waals surface area (Å²) in [7, 11) is 0. The standard InChI is InChI=1S/C25H31N3O2/c1-3-27(19-11-6-5-7-12-19)23-15-14-20(17-21(23)26)28-22-13-9-8-10-18(22)16-24(28)25(29)30-4-2/h8-10,13-17,19H,3-7,11-12,26H2,1-2H3. The molecular weight excluding hydrogens is 374 g/mol. The van der Waals surface area contributed by atoms with Crippen LogP contribution in [0.4, 0.5) is 11.4 Å². The molecule has 1 saturated carbocycles. The Bertz CT molecular complexity index is 1030. The van der Waals surface area contributed by atoms with Crippen molar-refractivity contribution in [1.29, 1.82) is 0 Å². The van der Waals surface area contributed by atoms with Crippen molar-refractivity contribution in [2.24, 2.45) is 0 Å². The van der Waals surface area contributed by atoms with Crippen LogP contribution < -0.4 is 10.6 Å². The Hall–Kier alpha value is -2.95. The second-order valence-corrected chi connectivity index (χ2v) is 7.97. The van der Waals surface area contributed by atoms with Gasteiger partial charge in [0.25, 0.3) is 0 Å². The molecule has 3 aromatic rings. The van der Waals surface area contributed by atoms with E-state index >= 15 is 0 Å². The topological polar surface area (TPSA) is 60.5 Å². The van der Waals surface area contributed by atoms with Crippen molar-refractivity contribution < 1.29 is 9.53 Å². The lowest BCUT2D eigenvalue weighted by Crippen LogP contribution is -2.37. The SMILES string of the molecule is CCOC(=O)c1cc2ccccc2n1-c1ccc(N(CC)C2CCCCC2)c(N)c1. The third-order valence-corrected chi connectivity index (χ3v) is 6.13. The average molecular weight is 406 g/mol. The molecule has 1 aliphatic rings. The van der Waals surface area contributed by atoms with E-state index in [-0.39, 0.29) is 5.97 Å². The van der Waals surface area contributed by atoms with Crippen LogP contribution in [0.2, 0.25) is 0 Å². The summed E-state index contributed by atoms with van der Waals surface area (Å²) in [4.78, 5) is 15.1. The minimum Gasteiger partial charge on any atom is -0.461 e. The minimum absolute atomic E-state index is 0.325. The van der Waals surface area contributed by atoms with Gasteiger partial charge in [0, 0.05) is 23.7 Å². The number of hydrogen-bond donors (Lipinski definition) is 1. The van der Waals surface area contributed by atoms with Gasteiger partial charge in [0.15, 0.2) is 0 Å². The number of nitrogen functional groups attached to an aromatic ring is 1. The van der Waals surface area contributed by atoms with Crippen molar-refractivity contribution in [3.63, 3.8) is 0 Å². The quantitative estimate of drug-likeness (QED) is 0.431. The zero-order chi connectivity index (χ0) is 21.1. The summed E-state index contributed by atoms with van der Waals surface area (Å²) in [5.74, 6) is -0.325. The van der Waals surface area contributed by atoms with E-state index < -0.39 is 0 Å². The number of fused-ring (bicyclic) bond motifs is 1. The van der Waals surface area contributed by atoms with E-state index in [0.717, 1.165) is 34.5 Å². The molecule has 1 aromatic heterocycles. The highest BCUT2D eigenvalue weighted by Crippen LogP contribution is 2.34. The van der Waals surface area contributed by atoms with Crippen LogP contribution >= 0.6 is 0 Å². The van der Waals surface area contributed by atoms with Crippen molar-refractivity contribution >= 4 is 28.2 Å². The Morgan fingerprint density at radius 1 is 1.10 bits per heavy atom. The number of esters is 1. The number of aromatic nitrogens is 1. The van der Waals surface area contributed by atoms with E-state index in [9.17, 15) is 4.79 Å². The van der Waals surface area contributed by atoms with Gasteiger partial charge in [-0.05, 0) is 57.0 Å². The molecule has 0 radical (unpaired) electrons. The number of nitrogens with two attached hydrogens (primary N) is 1. The first-order valence-electron chi connectivity index (χ1n) is 11.1. The number of ether oxygens (including phenoxy) is 1. The van der Waals surface area contributed by atoms with Crippen LogP contribution in [0.15, 0.2) is 48.5 Å². The van der Waals surface area contributed by atoms with Gasteiger partial charge < -0.3 is 19.9 Å². The third-order valence-electron chi connectivity index (χ3n) is 6.13. The second-order valence-electron chi connectivity index (χ2n) is 7.97. The smallest absolute Gasteiger partial charge is 0.355 e. The molecule has 2 N–H and O–H groups in total. The number of anilines is 2. The number of hydrogen-bond acceptors (Lipinski definition) is 4. The molecule has 0 unspecified atom stereocenters. The van der Waals surface area contributed by atoms with E-state index in [1.807, 2.05) is 47.9 Å². The lowest BCUT2D eigenvalue weighted by molar-refractivity contribution is 0.0517. The monoisotopic (exact) mass is 405 g/mol. The van der Waals surface area contributed by atoms with E-state index in [1.165, 1.54) is 32.1 Å². The molecule has 0 saturated heterocycles. The molecule has 0 amide bonds. The zero-order valence-electron chi connectivity index (χ0n) is 17.9. The first-order valence-corrected chi connectivity index (χ1v) is 11.1. The first-order chi connectivity index (χ1) is 14.6. The maximum Gasteiger partial charge on any atom is 0.355 e. The van der Waals surface area contributed by atoms with Crippen LogP contribution in [0.25, 0.3) is 16.6 Å². The second kappa shape index (κ2) is 8.82. The Balaban J connectivity index is 1.76. The molecule has 30 heavy (non-hydrogen) atoms. The fourth-order valence-corrected chi connectivity index (χ4v) is 4.75. The minimum atomic E-state index is -0.325. The molecule has 1 aliphatic carbocycles. The maximum atomic E-state index is 12.6. The van der Waals surface area contributed by atoms with Gasteiger partial charge in [0.2, 0.25) is 0 Å². The summed E-state index contributed by atoms with van der Waals surface area (Å²) in [6, 6.07) is 16.6. The van der Waals surface area contributed by atoms with Crippen molar-refractivity contribution in [3.8, 4) is 5.69 Å². The van der Waals surface area contributed by atoms with Crippen LogP contribution in [-0.4, -0.2) is 29.7 Å². The Labute approximate surface area is 178 Å². The van der Waals surface area contributed by atoms with Crippen molar-refractivity contribution in [2.45, 2.75) is 52.0 Å². The molecule has 0 spiro atoms. The number of carbonyl (C=O) groups is 1. The fraction of sp³-hybridized carbons (Fsp3) is 0.400. The van der Waals surface area contributed by atoms with Crippen molar-refractivity contribution in [1.82, 2.24) is 4.57 Å². The highest BCUT2D eigenvalue weighted by Gasteiger charge is 2.23. The molecule has 4 rings (SSSR count). The Kier molecular flexibility index (Phi) is 5.98. The van der Waals surface area contributed by atoms with Crippen LogP contribution in [0.3, 0.4) is 0 Å². The van der Waals surface area contributed by atoms with Crippen LogP contribution in [0.1, 0.15) is 56.4 Å². The van der Waals surface area contributed by atoms with Gasteiger partial charge in [-0.1, -0.05) is 37.5 Å². The summed E-state index contributed by atoms with van der Waals surface area (Å²) in [5.41, 5.74) is 10.8. The number of benzene rings is 2. The molecular formula is C25H31N3O2. The van der Waals surface area contributed by atoms with Gasteiger partial charge in [-0.25, -0.2) is 4.79 Å². The lowest BCUT2D eigenvalue weighted by Gasteiger charge is -2.36. The highest BCUT2D eigenvalue weighted by molar-refractivity contribution is 5.97. The predicted octanol–water partition coefficient (Wildman–Crippen LogP) is 5.55.